The van der Waals surface area contributed by atoms with Crippen molar-refractivity contribution in [1.82, 2.24) is 9.97 Å². The molecule has 0 aliphatic rings. The lowest BCUT2D eigenvalue weighted by molar-refractivity contribution is 0.0691. The van der Waals surface area contributed by atoms with Crippen LogP contribution in [0.1, 0.15) is 10.5 Å². The highest BCUT2D eigenvalue weighted by Crippen LogP contribution is 2.33. The van der Waals surface area contributed by atoms with E-state index in [1.807, 2.05) is 42.6 Å². The number of aromatic amines is 2. The molecule has 2 heterocycles. The zero-order valence-electron chi connectivity index (χ0n) is 11.1. The van der Waals surface area contributed by atoms with Crippen LogP contribution in [0.2, 0.25) is 0 Å². The molecular weight excluding hydrogens is 264 g/mol. The number of hydrogen-bond acceptors (Lipinski definition) is 1. The predicted molar refractivity (Wildman–Crippen MR) is 82.6 cm³/mol. The molecule has 4 nitrogen and oxygen atoms in total. The third kappa shape index (κ3) is 1.73. The van der Waals surface area contributed by atoms with Crippen LogP contribution in [0.25, 0.3) is 32.9 Å². The molecule has 0 saturated carbocycles. The lowest BCUT2D eigenvalue weighted by Crippen LogP contribution is -1.94. The van der Waals surface area contributed by atoms with Gasteiger partial charge in [-0.05, 0) is 29.1 Å². The maximum absolute atomic E-state index is 11.2. The number of carboxylic acids is 1. The molecule has 0 saturated heterocycles. The maximum Gasteiger partial charge on any atom is 0.352 e. The van der Waals surface area contributed by atoms with Crippen LogP contribution in [-0.2, 0) is 0 Å². The monoisotopic (exact) mass is 276 g/mol. The van der Waals surface area contributed by atoms with Crippen LogP contribution in [-0.4, -0.2) is 21.0 Å². The summed E-state index contributed by atoms with van der Waals surface area (Å²) in [6.07, 6.45) is 1.91. The van der Waals surface area contributed by atoms with Gasteiger partial charge >= 0.3 is 5.97 Å². The second-order valence-corrected chi connectivity index (χ2v) is 5.00. The zero-order chi connectivity index (χ0) is 14.4. The average Bonchev–Trinajstić information content (AvgIpc) is 3.12. The van der Waals surface area contributed by atoms with E-state index in [4.69, 9.17) is 5.11 Å². The topological polar surface area (TPSA) is 68.9 Å². The van der Waals surface area contributed by atoms with Gasteiger partial charge in [-0.3, -0.25) is 0 Å². The summed E-state index contributed by atoms with van der Waals surface area (Å²) in [5.74, 6) is -0.949. The van der Waals surface area contributed by atoms with Crippen molar-refractivity contribution in [2.75, 3.05) is 0 Å². The Kier molecular flexibility index (Phi) is 2.38. The highest BCUT2D eigenvalue weighted by atomic mass is 16.4. The predicted octanol–water partition coefficient (Wildman–Crippen LogP) is 4.01. The maximum atomic E-state index is 11.2. The molecule has 0 aliphatic carbocycles. The number of benzene rings is 2. The molecule has 21 heavy (non-hydrogen) atoms. The first-order chi connectivity index (χ1) is 10.2. The molecule has 3 N–H and O–H groups in total. The van der Waals surface area contributed by atoms with Gasteiger partial charge in [0.05, 0.1) is 5.52 Å². The van der Waals surface area contributed by atoms with Crippen molar-refractivity contribution in [3.63, 3.8) is 0 Å². The summed E-state index contributed by atoms with van der Waals surface area (Å²) in [5, 5.41) is 11.2. The molecule has 4 heteroatoms. The van der Waals surface area contributed by atoms with Crippen LogP contribution >= 0.6 is 0 Å². The third-order valence-corrected chi connectivity index (χ3v) is 3.77. The van der Waals surface area contributed by atoms with Crippen molar-refractivity contribution in [3.05, 3.63) is 60.4 Å². The van der Waals surface area contributed by atoms with Crippen LogP contribution in [0.5, 0.6) is 0 Å². The largest absolute Gasteiger partial charge is 0.477 e. The summed E-state index contributed by atoms with van der Waals surface area (Å²) in [7, 11) is 0. The summed E-state index contributed by atoms with van der Waals surface area (Å²) in [6.45, 7) is 0. The van der Waals surface area contributed by atoms with Gasteiger partial charge in [-0.25, -0.2) is 4.79 Å². The van der Waals surface area contributed by atoms with Gasteiger partial charge in [0.25, 0.3) is 0 Å². The summed E-state index contributed by atoms with van der Waals surface area (Å²) in [4.78, 5) is 17.3. The fourth-order valence-electron chi connectivity index (χ4n) is 2.81. The smallest absolute Gasteiger partial charge is 0.352 e. The Labute approximate surface area is 120 Å². The molecule has 4 rings (SSSR count). The normalized spacial score (nSPS) is 11.2. The van der Waals surface area contributed by atoms with E-state index in [9.17, 15) is 4.79 Å². The lowest BCUT2D eigenvalue weighted by atomic mass is 9.99. The minimum atomic E-state index is -0.949. The number of aromatic nitrogens is 2. The molecule has 102 valence electrons. The van der Waals surface area contributed by atoms with Crippen molar-refractivity contribution in [2.24, 2.45) is 0 Å². The molecule has 0 unspecified atom stereocenters. The average molecular weight is 276 g/mol. The molecule has 0 radical (unpaired) electrons. The summed E-state index contributed by atoms with van der Waals surface area (Å²) >= 11 is 0. The second-order valence-electron chi connectivity index (χ2n) is 5.00. The van der Waals surface area contributed by atoms with Gasteiger partial charge in [-0.15, -0.1) is 0 Å². The summed E-state index contributed by atoms with van der Waals surface area (Å²) in [6, 6.07) is 15.7. The van der Waals surface area contributed by atoms with Gasteiger partial charge in [0.2, 0.25) is 0 Å². The molecule has 2 aromatic carbocycles. The third-order valence-electron chi connectivity index (χ3n) is 3.77. The summed E-state index contributed by atoms with van der Waals surface area (Å²) in [5.41, 5.74) is 4.18. The molecular formula is C17H12N2O2. The Bertz CT molecular complexity index is 979. The highest BCUT2D eigenvalue weighted by Gasteiger charge is 2.13. The van der Waals surface area contributed by atoms with Crippen LogP contribution in [0.4, 0.5) is 0 Å². The molecule has 0 bridgehead atoms. The zero-order valence-corrected chi connectivity index (χ0v) is 11.1. The fourth-order valence-corrected chi connectivity index (χ4v) is 2.81. The van der Waals surface area contributed by atoms with Gasteiger partial charge < -0.3 is 15.1 Å². The van der Waals surface area contributed by atoms with Gasteiger partial charge in [-0.1, -0.05) is 30.3 Å². The Morgan fingerprint density at radius 2 is 1.81 bits per heavy atom. The number of H-pyrrole nitrogens is 2. The minimum absolute atomic E-state index is 0.205. The minimum Gasteiger partial charge on any atom is -0.477 e. The molecule has 0 atom stereocenters. The number of fused-ring (bicyclic) bond motifs is 2. The van der Waals surface area contributed by atoms with E-state index in [2.05, 4.69) is 16.0 Å². The molecule has 0 fully saturated rings. The van der Waals surface area contributed by atoms with Gasteiger partial charge in [0.1, 0.15) is 5.69 Å². The fraction of sp³-hybridized carbons (Fsp3) is 0. The first kappa shape index (κ1) is 11.8. The van der Waals surface area contributed by atoms with E-state index < -0.39 is 5.97 Å². The number of rotatable bonds is 2. The molecule has 2 aromatic heterocycles. The Balaban J connectivity index is 2.06. The highest BCUT2D eigenvalue weighted by molar-refractivity contribution is 6.05. The van der Waals surface area contributed by atoms with Crippen LogP contribution in [0, 0.1) is 0 Å². The molecule has 0 spiro atoms. The Morgan fingerprint density at radius 1 is 1.00 bits per heavy atom. The lowest BCUT2D eigenvalue weighted by Gasteiger charge is -2.05. The number of hydrogen-bond donors (Lipinski definition) is 3. The standard InChI is InChI=1S/C17H12N2O2/c20-17(21)15-9-13-11(4-2-6-14(13)19-15)12-5-1-3-10-7-8-18-16(10)12/h1-9,18-19H,(H,20,21). The second kappa shape index (κ2) is 4.24. The quantitative estimate of drug-likeness (QED) is 0.517. The number of nitrogens with one attached hydrogen (secondary N) is 2. The summed E-state index contributed by atoms with van der Waals surface area (Å²) < 4.78 is 0. The van der Waals surface area contributed by atoms with E-state index >= 15 is 0 Å². The van der Waals surface area contributed by atoms with E-state index in [0.717, 1.165) is 32.9 Å². The van der Waals surface area contributed by atoms with E-state index in [-0.39, 0.29) is 5.69 Å². The van der Waals surface area contributed by atoms with Crippen molar-refractivity contribution in [3.8, 4) is 11.1 Å². The van der Waals surface area contributed by atoms with Crippen LogP contribution < -0.4 is 0 Å². The Hall–Kier alpha value is -3.01. The number of para-hydroxylation sites is 1. The van der Waals surface area contributed by atoms with E-state index in [1.165, 1.54) is 0 Å². The number of carbonyl (C=O) groups is 1. The van der Waals surface area contributed by atoms with E-state index in [0.29, 0.717) is 0 Å². The first-order valence-electron chi connectivity index (χ1n) is 6.65. The molecule has 0 aliphatic heterocycles. The van der Waals surface area contributed by atoms with Gasteiger partial charge in [0.15, 0.2) is 0 Å². The SMILES string of the molecule is O=C(O)c1cc2c(-c3cccc4cc[nH]c34)cccc2[nH]1. The van der Waals surface area contributed by atoms with Gasteiger partial charge in [0, 0.05) is 22.7 Å². The first-order valence-corrected chi connectivity index (χ1v) is 6.65. The Morgan fingerprint density at radius 3 is 2.67 bits per heavy atom. The van der Waals surface area contributed by atoms with Crippen LogP contribution in [0.15, 0.2) is 54.7 Å². The molecule has 0 amide bonds. The molecule has 4 aromatic rings. The number of carboxylic acid groups (broad SMARTS) is 1. The van der Waals surface area contributed by atoms with Crippen LogP contribution in [0.3, 0.4) is 0 Å². The number of aromatic carboxylic acids is 1. The van der Waals surface area contributed by atoms with Crippen molar-refractivity contribution >= 4 is 27.8 Å². The van der Waals surface area contributed by atoms with Gasteiger partial charge in [-0.2, -0.15) is 0 Å². The van der Waals surface area contributed by atoms with Crippen molar-refractivity contribution < 1.29 is 9.90 Å². The van der Waals surface area contributed by atoms with Crippen molar-refractivity contribution in [1.29, 1.82) is 0 Å². The van der Waals surface area contributed by atoms with E-state index in [1.54, 1.807) is 6.07 Å². The van der Waals surface area contributed by atoms with Crippen molar-refractivity contribution in [2.45, 2.75) is 0 Å².